The molecule has 0 saturated carbocycles. The van der Waals surface area contributed by atoms with Crippen LogP contribution >= 0.6 is 0 Å². The smallest absolute Gasteiger partial charge is 0.0959 e. The standard InChI is InChI=1S/C34H68N/c1-5-7-9-11-13-15-17-19-21-23-25-27-29-31-33-35(3,4)34-32-30-28-26-24-22-20-18-16-14-12-10-8-6-2/h31-34H,5-30H2,1-4H3/q+1. The van der Waals surface area contributed by atoms with Crippen molar-refractivity contribution in [1.29, 1.82) is 0 Å². The SMILES string of the molecule is CCCCCCCCCCCCCCC=C[N+](C)(C)C=CCCCCCCCCCCCCCC. The van der Waals surface area contributed by atoms with Crippen molar-refractivity contribution in [2.45, 2.75) is 181 Å². The van der Waals surface area contributed by atoms with Crippen LogP contribution < -0.4 is 0 Å². The van der Waals surface area contributed by atoms with E-state index in [4.69, 9.17) is 0 Å². The lowest BCUT2D eigenvalue weighted by Gasteiger charge is -2.19. The van der Waals surface area contributed by atoms with E-state index in [-0.39, 0.29) is 0 Å². The van der Waals surface area contributed by atoms with Crippen molar-refractivity contribution in [2.75, 3.05) is 14.1 Å². The predicted molar refractivity (Wildman–Crippen MR) is 162 cm³/mol. The molecule has 1 heteroatoms. The Morgan fingerprint density at radius 1 is 0.343 bits per heavy atom. The minimum atomic E-state index is 0.885. The number of allylic oxidation sites excluding steroid dienone is 2. The fourth-order valence-corrected chi connectivity index (χ4v) is 4.95. The Kier molecular flexibility index (Phi) is 27.6. The second-order valence-electron chi connectivity index (χ2n) is 11.8. The van der Waals surface area contributed by atoms with Crippen LogP contribution in [0.2, 0.25) is 0 Å². The van der Waals surface area contributed by atoms with E-state index >= 15 is 0 Å². The van der Waals surface area contributed by atoms with Gasteiger partial charge < -0.3 is 0 Å². The molecule has 0 amide bonds. The summed E-state index contributed by atoms with van der Waals surface area (Å²) in [5.74, 6) is 0. The van der Waals surface area contributed by atoms with Crippen LogP contribution in [0, 0.1) is 0 Å². The highest BCUT2D eigenvalue weighted by atomic mass is 15.3. The van der Waals surface area contributed by atoms with Gasteiger partial charge in [0.1, 0.15) is 0 Å². The Balaban J connectivity index is 3.45. The number of hydrogen-bond acceptors (Lipinski definition) is 0. The van der Waals surface area contributed by atoms with Crippen molar-refractivity contribution in [3.8, 4) is 0 Å². The van der Waals surface area contributed by atoms with Crippen molar-refractivity contribution in [3.05, 3.63) is 24.6 Å². The lowest BCUT2D eigenvalue weighted by Crippen LogP contribution is -2.25. The van der Waals surface area contributed by atoms with E-state index in [0.29, 0.717) is 0 Å². The molecule has 0 fully saturated rings. The summed E-state index contributed by atoms with van der Waals surface area (Å²) in [6.45, 7) is 4.60. The first-order valence-corrected chi connectivity index (χ1v) is 16.3. The minimum absolute atomic E-state index is 0.885. The maximum atomic E-state index is 2.41. The quantitative estimate of drug-likeness (QED) is 0.0755. The van der Waals surface area contributed by atoms with Gasteiger partial charge in [0.05, 0.1) is 26.5 Å². The van der Waals surface area contributed by atoms with Gasteiger partial charge in [0.25, 0.3) is 0 Å². The van der Waals surface area contributed by atoms with E-state index in [9.17, 15) is 0 Å². The number of hydrogen-bond donors (Lipinski definition) is 0. The molecule has 0 heterocycles. The van der Waals surface area contributed by atoms with Crippen molar-refractivity contribution >= 4 is 0 Å². The molecule has 0 unspecified atom stereocenters. The van der Waals surface area contributed by atoms with Crippen LogP contribution in [0.15, 0.2) is 24.6 Å². The van der Waals surface area contributed by atoms with Crippen molar-refractivity contribution in [1.82, 2.24) is 0 Å². The summed E-state index contributed by atoms with van der Waals surface area (Å²) in [4.78, 5) is 0. The lowest BCUT2D eigenvalue weighted by atomic mass is 10.0. The predicted octanol–water partition coefficient (Wildman–Crippen LogP) is 12.3. The highest BCUT2D eigenvalue weighted by molar-refractivity contribution is 4.80. The molecule has 1 nitrogen and oxygen atoms in total. The number of rotatable bonds is 28. The van der Waals surface area contributed by atoms with E-state index in [1.807, 2.05) is 0 Å². The van der Waals surface area contributed by atoms with Gasteiger partial charge in [0.15, 0.2) is 0 Å². The fourth-order valence-electron chi connectivity index (χ4n) is 4.95. The molecule has 208 valence electrons. The number of quaternary nitrogens is 1. The van der Waals surface area contributed by atoms with Gasteiger partial charge in [-0.1, -0.05) is 155 Å². The third-order valence-electron chi connectivity index (χ3n) is 7.43. The molecule has 0 rings (SSSR count). The average Bonchev–Trinajstić information content (AvgIpc) is 2.84. The zero-order valence-corrected chi connectivity index (χ0v) is 25.1. The van der Waals surface area contributed by atoms with Crippen molar-refractivity contribution in [2.24, 2.45) is 0 Å². The molecule has 0 aromatic carbocycles. The molecule has 0 saturated heterocycles. The van der Waals surface area contributed by atoms with Gasteiger partial charge in [-0.25, -0.2) is 0 Å². The molecular weight excluding hydrogens is 422 g/mol. The number of nitrogens with zero attached hydrogens (tertiary/aromatic N) is 1. The van der Waals surface area contributed by atoms with E-state index in [2.05, 4.69) is 52.5 Å². The third-order valence-corrected chi connectivity index (χ3v) is 7.43. The van der Waals surface area contributed by atoms with Crippen LogP contribution in [0.5, 0.6) is 0 Å². The zero-order valence-electron chi connectivity index (χ0n) is 25.1. The van der Waals surface area contributed by atoms with E-state index in [1.165, 1.54) is 167 Å². The Bertz CT molecular complexity index is 408. The Morgan fingerprint density at radius 3 is 0.829 bits per heavy atom. The van der Waals surface area contributed by atoms with Crippen LogP contribution in [0.1, 0.15) is 181 Å². The van der Waals surface area contributed by atoms with Gasteiger partial charge in [-0.3, -0.25) is 4.48 Å². The van der Waals surface area contributed by atoms with Crippen LogP contribution in [-0.4, -0.2) is 18.6 Å². The van der Waals surface area contributed by atoms with Crippen LogP contribution in [-0.2, 0) is 0 Å². The minimum Gasteiger partial charge on any atom is -0.276 e. The highest BCUT2D eigenvalue weighted by Gasteiger charge is 2.04. The molecule has 0 bridgehead atoms. The number of unbranched alkanes of at least 4 members (excludes halogenated alkanes) is 24. The molecule has 0 aromatic rings. The first kappa shape index (κ1) is 34.4. The van der Waals surface area contributed by atoms with Gasteiger partial charge in [-0.2, -0.15) is 0 Å². The molecule has 0 radical (unpaired) electrons. The van der Waals surface area contributed by atoms with Gasteiger partial charge in [0.2, 0.25) is 0 Å². The van der Waals surface area contributed by atoms with Gasteiger partial charge in [-0.05, 0) is 37.8 Å². The van der Waals surface area contributed by atoms with E-state index in [0.717, 1.165) is 4.48 Å². The largest absolute Gasteiger partial charge is 0.276 e. The molecule has 0 atom stereocenters. The van der Waals surface area contributed by atoms with Crippen molar-refractivity contribution in [3.63, 3.8) is 0 Å². The van der Waals surface area contributed by atoms with Gasteiger partial charge in [-0.15, -0.1) is 0 Å². The summed E-state index contributed by atoms with van der Waals surface area (Å²) in [7, 11) is 4.58. The maximum Gasteiger partial charge on any atom is 0.0959 e. The van der Waals surface area contributed by atoms with Crippen LogP contribution in [0.3, 0.4) is 0 Å². The topological polar surface area (TPSA) is 0 Å². The van der Waals surface area contributed by atoms with E-state index in [1.54, 1.807) is 0 Å². The normalized spacial score (nSPS) is 12.5. The first-order chi connectivity index (χ1) is 17.1. The van der Waals surface area contributed by atoms with Gasteiger partial charge >= 0.3 is 0 Å². The molecular formula is C34H68N+. The molecule has 0 spiro atoms. The van der Waals surface area contributed by atoms with Crippen molar-refractivity contribution < 1.29 is 4.48 Å². The average molecular weight is 491 g/mol. The van der Waals surface area contributed by atoms with Crippen LogP contribution in [0.25, 0.3) is 0 Å². The molecule has 0 N–H and O–H groups in total. The highest BCUT2D eigenvalue weighted by Crippen LogP contribution is 2.14. The van der Waals surface area contributed by atoms with E-state index < -0.39 is 0 Å². The summed E-state index contributed by atoms with van der Waals surface area (Å²) in [6, 6.07) is 0. The fraction of sp³-hybridized carbons (Fsp3) is 0.882. The monoisotopic (exact) mass is 491 g/mol. The van der Waals surface area contributed by atoms with Gasteiger partial charge in [0, 0.05) is 0 Å². The second-order valence-corrected chi connectivity index (χ2v) is 11.8. The lowest BCUT2D eigenvalue weighted by molar-refractivity contribution is -0.784. The summed E-state index contributed by atoms with van der Waals surface area (Å²) in [5.41, 5.74) is 0. The molecule has 0 aliphatic carbocycles. The molecule has 0 aromatic heterocycles. The summed E-state index contributed by atoms with van der Waals surface area (Å²) >= 11 is 0. The summed E-state index contributed by atoms with van der Waals surface area (Å²) in [6.07, 6.45) is 46.4. The third kappa shape index (κ3) is 29.6. The second kappa shape index (κ2) is 28.0. The summed E-state index contributed by atoms with van der Waals surface area (Å²) in [5, 5.41) is 0. The Labute approximate surface area is 223 Å². The summed E-state index contributed by atoms with van der Waals surface area (Å²) < 4.78 is 0.885. The first-order valence-electron chi connectivity index (χ1n) is 16.3. The zero-order chi connectivity index (χ0) is 25.7. The Hall–Kier alpha value is -0.560. The molecule has 0 aliphatic rings. The molecule has 0 aliphatic heterocycles. The molecule has 35 heavy (non-hydrogen) atoms. The van der Waals surface area contributed by atoms with Crippen LogP contribution in [0.4, 0.5) is 0 Å². The maximum absolute atomic E-state index is 2.41. The Morgan fingerprint density at radius 2 is 0.571 bits per heavy atom.